The van der Waals surface area contributed by atoms with Crippen molar-refractivity contribution in [2.24, 2.45) is 17.6 Å². The molecule has 6 heteroatoms. The first-order chi connectivity index (χ1) is 9.54. The number of rotatable bonds is 5. The Labute approximate surface area is 118 Å². The second-order valence-electron chi connectivity index (χ2n) is 5.47. The summed E-state index contributed by atoms with van der Waals surface area (Å²) in [5, 5.41) is 9.24. The highest BCUT2D eigenvalue weighted by Crippen LogP contribution is 2.25. The Hall–Kier alpha value is -1.40. The molecule has 1 aliphatic heterocycles. The fourth-order valence-electron chi connectivity index (χ4n) is 2.89. The molecule has 1 saturated heterocycles. The quantitative estimate of drug-likeness (QED) is 0.704. The van der Waals surface area contributed by atoms with Crippen molar-refractivity contribution in [3.05, 3.63) is 12.2 Å². The van der Waals surface area contributed by atoms with Crippen LogP contribution in [0.1, 0.15) is 19.8 Å². The van der Waals surface area contributed by atoms with Crippen LogP contribution in [-0.2, 0) is 14.3 Å². The number of amides is 1. The fourth-order valence-corrected chi connectivity index (χ4v) is 2.89. The molecule has 20 heavy (non-hydrogen) atoms. The number of nitrogens with zero attached hydrogens (tertiary/aromatic N) is 1. The second kappa shape index (κ2) is 6.37. The standard InChI is InChI=1S/C14H22N2O4/c1-2-5-16(12-8-20-7-11(12)14(18)19)13(17)9-3-4-10(15)6-9/h3-4,9-12H,2,5-8,15H2,1H3,(H,18,19). The number of carbonyl (C=O) groups is 2. The number of nitrogens with two attached hydrogens (primary N) is 1. The van der Waals surface area contributed by atoms with Gasteiger partial charge in [-0.2, -0.15) is 0 Å². The highest BCUT2D eigenvalue weighted by molar-refractivity contribution is 5.82. The first-order valence-electron chi connectivity index (χ1n) is 7.09. The number of hydrogen-bond donors (Lipinski definition) is 2. The van der Waals surface area contributed by atoms with Crippen molar-refractivity contribution >= 4 is 11.9 Å². The Kier molecular flexibility index (Phi) is 4.77. The van der Waals surface area contributed by atoms with Crippen LogP contribution in [0.3, 0.4) is 0 Å². The van der Waals surface area contributed by atoms with Crippen LogP contribution in [0.5, 0.6) is 0 Å². The third-order valence-electron chi connectivity index (χ3n) is 3.95. The molecule has 4 unspecified atom stereocenters. The summed E-state index contributed by atoms with van der Waals surface area (Å²) in [4.78, 5) is 25.6. The molecule has 112 valence electrons. The van der Waals surface area contributed by atoms with Gasteiger partial charge in [0, 0.05) is 12.6 Å². The van der Waals surface area contributed by atoms with E-state index in [0.29, 0.717) is 19.6 Å². The molecule has 1 fully saturated rings. The van der Waals surface area contributed by atoms with Crippen LogP contribution in [0.25, 0.3) is 0 Å². The van der Waals surface area contributed by atoms with E-state index in [1.807, 2.05) is 19.1 Å². The number of hydrogen-bond acceptors (Lipinski definition) is 4. The van der Waals surface area contributed by atoms with Gasteiger partial charge in [0.05, 0.1) is 25.2 Å². The van der Waals surface area contributed by atoms with Crippen molar-refractivity contribution in [2.75, 3.05) is 19.8 Å². The summed E-state index contributed by atoms with van der Waals surface area (Å²) in [6, 6.07) is -0.451. The molecule has 0 radical (unpaired) electrons. The Morgan fingerprint density at radius 2 is 2.15 bits per heavy atom. The maximum absolute atomic E-state index is 12.6. The molecular weight excluding hydrogens is 260 g/mol. The number of aliphatic carboxylic acids is 1. The largest absolute Gasteiger partial charge is 0.481 e. The van der Waals surface area contributed by atoms with Crippen LogP contribution in [0.15, 0.2) is 12.2 Å². The van der Waals surface area contributed by atoms with E-state index in [2.05, 4.69) is 0 Å². The van der Waals surface area contributed by atoms with E-state index >= 15 is 0 Å². The Morgan fingerprint density at radius 3 is 2.70 bits per heavy atom. The Bertz CT molecular complexity index is 410. The molecule has 1 aliphatic carbocycles. The van der Waals surface area contributed by atoms with Crippen LogP contribution in [0.2, 0.25) is 0 Å². The van der Waals surface area contributed by atoms with Gasteiger partial charge in [0.25, 0.3) is 0 Å². The van der Waals surface area contributed by atoms with Crippen LogP contribution >= 0.6 is 0 Å². The van der Waals surface area contributed by atoms with Gasteiger partial charge < -0.3 is 20.5 Å². The smallest absolute Gasteiger partial charge is 0.311 e. The summed E-state index contributed by atoms with van der Waals surface area (Å²) in [7, 11) is 0. The molecule has 0 aromatic rings. The number of carboxylic acid groups (broad SMARTS) is 1. The summed E-state index contributed by atoms with van der Waals surface area (Å²) in [6.07, 6.45) is 5.06. The third kappa shape index (κ3) is 3.02. The minimum absolute atomic E-state index is 0.0298. The zero-order valence-corrected chi connectivity index (χ0v) is 11.7. The van der Waals surface area contributed by atoms with Crippen molar-refractivity contribution < 1.29 is 19.4 Å². The molecule has 0 spiro atoms. The lowest BCUT2D eigenvalue weighted by Crippen LogP contribution is -2.49. The molecule has 0 aromatic carbocycles. The minimum Gasteiger partial charge on any atom is -0.481 e. The molecule has 0 saturated carbocycles. The lowest BCUT2D eigenvalue weighted by atomic mass is 9.99. The topological polar surface area (TPSA) is 92.9 Å². The second-order valence-corrected chi connectivity index (χ2v) is 5.47. The molecular formula is C14H22N2O4. The molecule has 1 heterocycles. The van der Waals surface area contributed by atoms with Crippen LogP contribution in [0, 0.1) is 11.8 Å². The van der Waals surface area contributed by atoms with Crippen LogP contribution < -0.4 is 5.73 Å². The predicted molar refractivity (Wildman–Crippen MR) is 73.0 cm³/mol. The zero-order chi connectivity index (χ0) is 14.7. The van der Waals surface area contributed by atoms with Gasteiger partial charge in [-0.3, -0.25) is 9.59 Å². The number of carbonyl (C=O) groups excluding carboxylic acids is 1. The monoisotopic (exact) mass is 282 g/mol. The van der Waals surface area contributed by atoms with Crippen molar-refractivity contribution in [2.45, 2.75) is 31.8 Å². The van der Waals surface area contributed by atoms with Crippen molar-refractivity contribution in [1.82, 2.24) is 4.90 Å². The Morgan fingerprint density at radius 1 is 1.40 bits per heavy atom. The average Bonchev–Trinajstić information content (AvgIpc) is 3.03. The number of carboxylic acids is 1. The normalized spacial score (nSPS) is 32.5. The Balaban J connectivity index is 2.12. The van der Waals surface area contributed by atoms with Gasteiger partial charge in [0.15, 0.2) is 0 Å². The van der Waals surface area contributed by atoms with Gasteiger partial charge in [-0.05, 0) is 12.8 Å². The highest BCUT2D eigenvalue weighted by Gasteiger charge is 2.41. The molecule has 4 atom stereocenters. The minimum atomic E-state index is -0.903. The number of ether oxygens (including phenoxy) is 1. The SMILES string of the molecule is CCCN(C(=O)C1C=CC(N)C1)C1COCC1C(=O)O. The third-order valence-corrected chi connectivity index (χ3v) is 3.95. The van der Waals surface area contributed by atoms with Crippen LogP contribution in [0.4, 0.5) is 0 Å². The summed E-state index contributed by atoms with van der Waals surface area (Å²) < 4.78 is 5.27. The van der Waals surface area contributed by atoms with E-state index in [4.69, 9.17) is 10.5 Å². The maximum atomic E-state index is 12.6. The maximum Gasteiger partial charge on any atom is 0.311 e. The van der Waals surface area contributed by atoms with E-state index in [1.54, 1.807) is 4.90 Å². The van der Waals surface area contributed by atoms with Crippen molar-refractivity contribution in [3.63, 3.8) is 0 Å². The summed E-state index contributed by atoms with van der Waals surface area (Å²) in [6.45, 7) is 3.00. The van der Waals surface area contributed by atoms with Gasteiger partial charge in [0.2, 0.25) is 5.91 Å². The predicted octanol–water partition coefficient (Wildman–Crippen LogP) is 0.228. The summed E-state index contributed by atoms with van der Waals surface area (Å²) in [5.41, 5.74) is 5.79. The highest BCUT2D eigenvalue weighted by atomic mass is 16.5. The van der Waals surface area contributed by atoms with Gasteiger partial charge in [-0.25, -0.2) is 0 Å². The fraction of sp³-hybridized carbons (Fsp3) is 0.714. The lowest BCUT2D eigenvalue weighted by molar-refractivity contribution is -0.145. The van der Waals surface area contributed by atoms with Gasteiger partial charge in [-0.1, -0.05) is 19.1 Å². The van der Waals surface area contributed by atoms with Gasteiger partial charge >= 0.3 is 5.97 Å². The molecule has 2 aliphatic rings. The van der Waals surface area contributed by atoms with E-state index in [-0.39, 0.29) is 30.5 Å². The average molecular weight is 282 g/mol. The van der Waals surface area contributed by atoms with Crippen molar-refractivity contribution in [1.29, 1.82) is 0 Å². The molecule has 6 nitrogen and oxygen atoms in total. The first-order valence-corrected chi connectivity index (χ1v) is 7.09. The molecule has 0 aromatic heterocycles. The summed E-state index contributed by atoms with van der Waals surface area (Å²) in [5.74, 6) is -1.80. The zero-order valence-electron chi connectivity index (χ0n) is 11.7. The van der Waals surface area contributed by atoms with Crippen molar-refractivity contribution in [3.8, 4) is 0 Å². The molecule has 1 amide bonds. The van der Waals surface area contributed by atoms with E-state index in [9.17, 15) is 14.7 Å². The van der Waals surface area contributed by atoms with Crippen LogP contribution in [-0.4, -0.2) is 53.7 Å². The van der Waals surface area contributed by atoms with E-state index in [0.717, 1.165) is 6.42 Å². The first kappa shape index (κ1) is 15.0. The lowest BCUT2D eigenvalue weighted by Gasteiger charge is -2.32. The van der Waals surface area contributed by atoms with E-state index in [1.165, 1.54) is 0 Å². The van der Waals surface area contributed by atoms with E-state index < -0.39 is 11.9 Å². The molecule has 3 N–H and O–H groups in total. The molecule has 2 rings (SSSR count). The van der Waals surface area contributed by atoms with Gasteiger partial charge in [-0.15, -0.1) is 0 Å². The molecule has 0 bridgehead atoms. The summed E-state index contributed by atoms with van der Waals surface area (Å²) >= 11 is 0. The van der Waals surface area contributed by atoms with Gasteiger partial charge in [0.1, 0.15) is 5.92 Å².